The summed E-state index contributed by atoms with van der Waals surface area (Å²) in [7, 11) is 0. The van der Waals surface area contributed by atoms with Gasteiger partial charge in [-0.1, -0.05) is 0 Å². The molecule has 0 aliphatic carbocycles. The van der Waals surface area contributed by atoms with Crippen LogP contribution in [0.3, 0.4) is 0 Å². The van der Waals surface area contributed by atoms with Gasteiger partial charge in [0.05, 0.1) is 18.4 Å². The van der Waals surface area contributed by atoms with E-state index in [1.165, 1.54) is 12.3 Å². The van der Waals surface area contributed by atoms with Crippen LogP contribution in [0.2, 0.25) is 0 Å². The van der Waals surface area contributed by atoms with E-state index in [4.69, 9.17) is 4.42 Å². The third-order valence-electron chi connectivity index (χ3n) is 3.00. The zero-order valence-electron chi connectivity index (χ0n) is 12.1. The second-order valence-electron chi connectivity index (χ2n) is 4.77. The molecule has 0 fully saturated rings. The van der Waals surface area contributed by atoms with E-state index < -0.39 is 29.7 Å². The Morgan fingerprint density at radius 2 is 1.79 bits per heavy atom. The fraction of sp³-hybridized carbons (Fsp3) is 0.200. The highest BCUT2D eigenvalue weighted by Gasteiger charge is 2.30. The van der Waals surface area contributed by atoms with E-state index in [0.29, 0.717) is 0 Å². The van der Waals surface area contributed by atoms with Crippen LogP contribution in [0.15, 0.2) is 47.1 Å². The molecule has 1 atom stereocenters. The fourth-order valence-corrected chi connectivity index (χ4v) is 1.78. The summed E-state index contributed by atoms with van der Waals surface area (Å²) in [5, 5.41) is 14.0. The van der Waals surface area contributed by atoms with Crippen LogP contribution in [0, 0.1) is 0 Å². The Balaban J connectivity index is 1.86. The van der Waals surface area contributed by atoms with E-state index >= 15 is 0 Å². The average molecular weight is 342 g/mol. The molecule has 6 nitrogen and oxygen atoms in total. The van der Waals surface area contributed by atoms with E-state index in [1.54, 1.807) is 6.07 Å². The first-order valence-electron chi connectivity index (χ1n) is 6.75. The number of nitrogens with one attached hydrogen (secondary N) is 2. The number of aliphatic hydroxyl groups excluding tert-OH is 1. The van der Waals surface area contributed by atoms with Gasteiger partial charge in [0.1, 0.15) is 11.9 Å². The van der Waals surface area contributed by atoms with E-state index in [0.717, 1.165) is 24.3 Å². The molecule has 1 aromatic carbocycles. The number of hydrogen-bond acceptors (Lipinski definition) is 4. The molecule has 1 aromatic heterocycles. The van der Waals surface area contributed by atoms with Crippen molar-refractivity contribution in [2.75, 3.05) is 11.9 Å². The summed E-state index contributed by atoms with van der Waals surface area (Å²) in [5.41, 5.74) is -0.832. The molecule has 9 heteroatoms. The Morgan fingerprint density at radius 3 is 2.33 bits per heavy atom. The molecule has 0 saturated carbocycles. The van der Waals surface area contributed by atoms with Crippen molar-refractivity contribution >= 4 is 17.5 Å². The molecule has 1 unspecified atom stereocenters. The van der Waals surface area contributed by atoms with Crippen molar-refractivity contribution in [2.45, 2.75) is 12.3 Å². The van der Waals surface area contributed by atoms with Gasteiger partial charge in [-0.25, -0.2) is 0 Å². The lowest BCUT2D eigenvalue weighted by Gasteiger charge is -2.10. The zero-order chi connectivity index (χ0) is 17.7. The van der Waals surface area contributed by atoms with Gasteiger partial charge in [0.25, 0.3) is 0 Å². The summed E-state index contributed by atoms with van der Waals surface area (Å²) in [6.07, 6.45) is -4.26. The van der Waals surface area contributed by atoms with Crippen LogP contribution in [0.25, 0.3) is 0 Å². The number of aliphatic hydroxyl groups is 1. The predicted octanol–water partition coefficient (Wildman–Crippen LogP) is 2.09. The summed E-state index contributed by atoms with van der Waals surface area (Å²) in [4.78, 5) is 23.2. The number of carbonyl (C=O) groups excluding carboxylic acids is 2. The maximum atomic E-state index is 12.4. The van der Waals surface area contributed by atoms with E-state index in [1.807, 2.05) is 0 Å². The summed E-state index contributed by atoms with van der Waals surface area (Å²) in [5.74, 6) is -1.89. The van der Waals surface area contributed by atoms with Crippen LogP contribution in [-0.2, 0) is 15.8 Å². The van der Waals surface area contributed by atoms with E-state index in [-0.39, 0.29) is 18.0 Å². The highest BCUT2D eigenvalue weighted by Crippen LogP contribution is 2.29. The molecular weight excluding hydrogens is 329 g/mol. The van der Waals surface area contributed by atoms with Crippen molar-refractivity contribution in [1.82, 2.24) is 5.32 Å². The third kappa shape index (κ3) is 4.59. The molecule has 128 valence electrons. The normalized spacial score (nSPS) is 12.5. The van der Waals surface area contributed by atoms with Crippen molar-refractivity contribution in [3.05, 3.63) is 54.0 Å². The predicted molar refractivity (Wildman–Crippen MR) is 76.8 cm³/mol. The molecule has 0 aliphatic heterocycles. The van der Waals surface area contributed by atoms with Gasteiger partial charge in [-0.3, -0.25) is 9.59 Å². The van der Waals surface area contributed by atoms with E-state index in [2.05, 4.69) is 10.6 Å². The molecule has 3 N–H and O–H groups in total. The van der Waals surface area contributed by atoms with Crippen LogP contribution in [0.4, 0.5) is 18.9 Å². The minimum Gasteiger partial charge on any atom is -0.467 e. The van der Waals surface area contributed by atoms with Crippen molar-refractivity contribution in [2.24, 2.45) is 0 Å². The molecular formula is C15H13F3N2O4. The first-order chi connectivity index (χ1) is 11.3. The zero-order valence-corrected chi connectivity index (χ0v) is 12.1. The van der Waals surface area contributed by atoms with Gasteiger partial charge in [-0.15, -0.1) is 0 Å². The maximum absolute atomic E-state index is 12.4. The molecule has 2 amide bonds. The van der Waals surface area contributed by atoms with Gasteiger partial charge in [0.2, 0.25) is 0 Å². The van der Waals surface area contributed by atoms with E-state index in [9.17, 15) is 27.9 Å². The van der Waals surface area contributed by atoms with Gasteiger partial charge in [-0.2, -0.15) is 13.2 Å². The monoisotopic (exact) mass is 342 g/mol. The summed E-state index contributed by atoms with van der Waals surface area (Å²) >= 11 is 0. The molecule has 0 radical (unpaired) electrons. The van der Waals surface area contributed by atoms with Crippen molar-refractivity contribution in [3.63, 3.8) is 0 Å². The molecule has 0 saturated heterocycles. The first kappa shape index (κ1) is 17.5. The fourth-order valence-electron chi connectivity index (χ4n) is 1.78. The van der Waals surface area contributed by atoms with Gasteiger partial charge >= 0.3 is 18.0 Å². The number of carbonyl (C=O) groups is 2. The number of benzene rings is 1. The minimum atomic E-state index is -4.48. The second-order valence-corrected chi connectivity index (χ2v) is 4.77. The lowest BCUT2D eigenvalue weighted by molar-refractivity contribution is -0.137. The summed E-state index contributed by atoms with van der Waals surface area (Å²) < 4.78 is 42.2. The Morgan fingerprint density at radius 1 is 1.12 bits per heavy atom. The minimum absolute atomic E-state index is 0.0368. The number of furan rings is 1. The van der Waals surface area contributed by atoms with Gasteiger partial charge in [-0.05, 0) is 36.4 Å². The van der Waals surface area contributed by atoms with Crippen LogP contribution in [-0.4, -0.2) is 23.5 Å². The largest absolute Gasteiger partial charge is 0.467 e. The van der Waals surface area contributed by atoms with Crippen molar-refractivity contribution in [3.8, 4) is 0 Å². The van der Waals surface area contributed by atoms with Gasteiger partial charge in [0.15, 0.2) is 0 Å². The molecule has 1 heterocycles. The summed E-state index contributed by atoms with van der Waals surface area (Å²) in [6, 6.07) is 6.69. The van der Waals surface area contributed by atoms with Crippen LogP contribution in [0.5, 0.6) is 0 Å². The summed E-state index contributed by atoms with van der Waals surface area (Å²) in [6.45, 7) is -0.257. The maximum Gasteiger partial charge on any atom is 0.416 e. The van der Waals surface area contributed by atoms with Crippen LogP contribution >= 0.6 is 0 Å². The van der Waals surface area contributed by atoms with Gasteiger partial charge < -0.3 is 20.2 Å². The Kier molecular flexibility index (Phi) is 5.24. The quantitative estimate of drug-likeness (QED) is 0.742. The number of rotatable bonds is 4. The molecule has 0 aliphatic rings. The Bertz CT molecular complexity index is 697. The smallest absolute Gasteiger partial charge is 0.416 e. The number of amides is 2. The molecule has 24 heavy (non-hydrogen) atoms. The number of anilines is 1. The number of alkyl halides is 3. The van der Waals surface area contributed by atoms with Crippen molar-refractivity contribution < 1.29 is 32.3 Å². The number of hydrogen-bond donors (Lipinski definition) is 3. The number of halogens is 3. The highest BCUT2D eigenvalue weighted by molar-refractivity contribution is 6.39. The lowest BCUT2D eigenvalue weighted by Crippen LogP contribution is -2.37. The standard InChI is InChI=1S/C15H13F3N2O4/c16-15(17,18)9-3-5-10(6-4-9)20-14(23)13(22)19-8-11(21)12-2-1-7-24-12/h1-7,11,21H,8H2,(H,19,22)(H,20,23). The van der Waals surface area contributed by atoms with Gasteiger partial charge in [0, 0.05) is 5.69 Å². The average Bonchev–Trinajstić information content (AvgIpc) is 3.06. The Labute approximate surface area is 134 Å². The molecule has 0 bridgehead atoms. The third-order valence-corrected chi connectivity index (χ3v) is 3.00. The molecule has 2 rings (SSSR count). The topological polar surface area (TPSA) is 91.6 Å². The van der Waals surface area contributed by atoms with Crippen LogP contribution in [0.1, 0.15) is 17.4 Å². The Hall–Kier alpha value is -2.81. The molecule has 0 spiro atoms. The molecule has 2 aromatic rings. The SMILES string of the molecule is O=C(NCC(O)c1ccco1)C(=O)Nc1ccc(C(F)(F)F)cc1. The lowest BCUT2D eigenvalue weighted by atomic mass is 10.2. The van der Waals surface area contributed by atoms with Crippen molar-refractivity contribution in [1.29, 1.82) is 0 Å². The van der Waals surface area contributed by atoms with Crippen LogP contribution < -0.4 is 10.6 Å². The second kappa shape index (κ2) is 7.18. The highest BCUT2D eigenvalue weighted by atomic mass is 19.4. The first-order valence-corrected chi connectivity index (χ1v) is 6.75.